The van der Waals surface area contributed by atoms with E-state index in [9.17, 15) is 14.4 Å². The third kappa shape index (κ3) is 3.04. The molecule has 1 aliphatic heterocycles. The first-order chi connectivity index (χ1) is 9.96. The highest BCUT2D eigenvalue weighted by Crippen LogP contribution is 2.21. The topological polar surface area (TPSA) is 110 Å². The van der Waals surface area contributed by atoms with Crippen LogP contribution in [0.15, 0.2) is 6.20 Å². The lowest BCUT2D eigenvalue weighted by atomic mass is 10.1. The van der Waals surface area contributed by atoms with Crippen molar-refractivity contribution < 1.29 is 14.4 Å². The number of rotatable bonds is 5. The molecule has 1 aromatic heterocycles. The van der Waals surface area contributed by atoms with Crippen LogP contribution in [0.25, 0.3) is 0 Å². The van der Waals surface area contributed by atoms with E-state index in [1.807, 2.05) is 13.8 Å². The van der Waals surface area contributed by atoms with E-state index in [0.717, 1.165) is 0 Å². The summed E-state index contributed by atoms with van der Waals surface area (Å²) in [4.78, 5) is 36.8. The van der Waals surface area contributed by atoms with Gasteiger partial charge in [0, 0.05) is 32.3 Å². The fourth-order valence-corrected chi connectivity index (χ4v) is 2.34. The number of nitrogens with two attached hydrogens (primary N) is 1. The van der Waals surface area contributed by atoms with E-state index in [1.165, 1.54) is 4.68 Å². The smallest absolute Gasteiger partial charge is 0.271 e. The summed E-state index contributed by atoms with van der Waals surface area (Å²) in [6, 6.07) is 0. The maximum absolute atomic E-state index is 12.2. The Morgan fingerprint density at radius 3 is 2.67 bits per heavy atom. The van der Waals surface area contributed by atoms with Gasteiger partial charge < -0.3 is 16.0 Å². The Morgan fingerprint density at radius 1 is 1.43 bits per heavy atom. The maximum atomic E-state index is 12.2. The number of aryl methyl sites for hydroxylation is 1. The first kappa shape index (κ1) is 15.0. The Morgan fingerprint density at radius 2 is 2.14 bits per heavy atom. The second-order valence-electron chi connectivity index (χ2n) is 4.93. The van der Waals surface area contributed by atoms with Crippen LogP contribution in [0.1, 0.15) is 30.8 Å². The number of hydrogen-bond acceptors (Lipinski definition) is 4. The van der Waals surface area contributed by atoms with Crippen LogP contribution in [0.5, 0.6) is 0 Å². The Bertz CT molecular complexity index is 580. The van der Waals surface area contributed by atoms with Gasteiger partial charge in [-0.3, -0.25) is 19.1 Å². The van der Waals surface area contributed by atoms with Crippen molar-refractivity contribution in [1.29, 1.82) is 0 Å². The molecule has 3 amide bonds. The Labute approximate surface area is 122 Å². The van der Waals surface area contributed by atoms with Crippen molar-refractivity contribution in [2.24, 2.45) is 11.7 Å². The summed E-state index contributed by atoms with van der Waals surface area (Å²) in [5.41, 5.74) is 5.57. The van der Waals surface area contributed by atoms with Gasteiger partial charge in [-0.2, -0.15) is 5.10 Å². The molecule has 0 spiro atoms. The molecule has 3 N–H and O–H groups in total. The van der Waals surface area contributed by atoms with E-state index >= 15 is 0 Å². The van der Waals surface area contributed by atoms with E-state index in [-0.39, 0.29) is 29.6 Å². The van der Waals surface area contributed by atoms with Gasteiger partial charge in [0.2, 0.25) is 11.8 Å². The molecule has 1 saturated heterocycles. The predicted molar refractivity (Wildman–Crippen MR) is 75.4 cm³/mol. The number of likely N-dealkylation sites (tertiary alicyclic amines) is 1. The number of amides is 3. The average molecular weight is 293 g/mol. The van der Waals surface area contributed by atoms with Gasteiger partial charge in [-0.15, -0.1) is 0 Å². The number of aromatic nitrogens is 2. The molecular weight excluding hydrogens is 274 g/mol. The molecule has 0 saturated carbocycles. The van der Waals surface area contributed by atoms with E-state index in [4.69, 9.17) is 5.73 Å². The molecule has 8 heteroatoms. The molecule has 0 aromatic carbocycles. The molecule has 2 heterocycles. The van der Waals surface area contributed by atoms with Crippen molar-refractivity contribution in [1.82, 2.24) is 14.7 Å². The largest absolute Gasteiger partial charge is 0.364 e. The normalized spacial score (nSPS) is 18.1. The Kier molecular flexibility index (Phi) is 4.25. The molecular formula is C13H19N5O3. The predicted octanol–water partition coefficient (Wildman–Crippen LogP) is -0.191. The first-order valence-corrected chi connectivity index (χ1v) is 6.92. The molecule has 1 aliphatic rings. The standard InChI is InChI=1S/C13H19N5O3/c1-3-17-6-8(5-10(17)19)13(21)15-9-7-18(4-2)16-11(9)12(14)20/h7-8H,3-6H2,1-2H3,(H2,14,20)(H,15,21). The molecule has 0 radical (unpaired) electrons. The highest BCUT2D eigenvalue weighted by molar-refractivity contribution is 6.03. The van der Waals surface area contributed by atoms with Crippen molar-refractivity contribution in [3.63, 3.8) is 0 Å². The van der Waals surface area contributed by atoms with Gasteiger partial charge in [-0.05, 0) is 13.8 Å². The van der Waals surface area contributed by atoms with E-state index in [1.54, 1.807) is 11.1 Å². The summed E-state index contributed by atoms with van der Waals surface area (Å²) in [5.74, 6) is -1.44. The first-order valence-electron chi connectivity index (χ1n) is 6.92. The van der Waals surface area contributed by atoms with E-state index < -0.39 is 11.8 Å². The zero-order valence-corrected chi connectivity index (χ0v) is 12.1. The third-order valence-electron chi connectivity index (χ3n) is 3.54. The molecule has 0 aliphatic carbocycles. The second-order valence-corrected chi connectivity index (χ2v) is 4.93. The molecule has 0 bridgehead atoms. The van der Waals surface area contributed by atoms with Crippen LogP contribution in [-0.4, -0.2) is 45.5 Å². The molecule has 1 fully saturated rings. The van der Waals surface area contributed by atoms with E-state index in [2.05, 4.69) is 10.4 Å². The van der Waals surface area contributed by atoms with Crippen LogP contribution in [0.4, 0.5) is 5.69 Å². The fourth-order valence-electron chi connectivity index (χ4n) is 2.34. The van der Waals surface area contributed by atoms with Crippen LogP contribution in [0, 0.1) is 5.92 Å². The van der Waals surface area contributed by atoms with Gasteiger partial charge in [0.1, 0.15) is 0 Å². The summed E-state index contributed by atoms with van der Waals surface area (Å²) in [5, 5.41) is 6.66. The van der Waals surface area contributed by atoms with Crippen LogP contribution >= 0.6 is 0 Å². The number of carbonyl (C=O) groups is 3. The number of nitrogens with zero attached hydrogens (tertiary/aromatic N) is 3. The summed E-state index contributed by atoms with van der Waals surface area (Å²) >= 11 is 0. The summed E-state index contributed by atoms with van der Waals surface area (Å²) in [7, 11) is 0. The minimum Gasteiger partial charge on any atom is -0.364 e. The number of hydrogen-bond donors (Lipinski definition) is 2. The molecule has 8 nitrogen and oxygen atoms in total. The average Bonchev–Trinajstić information content (AvgIpc) is 3.02. The number of anilines is 1. The second kappa shape index (κ2) is 5.94. The third-order valence-corrected chi connectivity index (χ3v) is 3.54. The van der Waals surface area contributed by atoms with Crippen LogP contribution < -0.4 is 11.1 Å². The maximum Gasteiger partial charge on any atom is 0.271 e. The fraction of sp³-hybridized carbons (Fsp3) is 0.538. The summed E-state index contributed by atoms with van der Waals surface area (Å²) in [6.45, 7) is 5.27. The molecule has 21 heavy (non-hydrogen) atoms. The molecule has 1 unspecified atom stereocenters. The number of carbonyl (C=O) groups excluding carboxylic acids is 3. The van der Waals surface area contributed by atoms with Crippen LogP contribution in [-0.2, 0) is 16.1 Å². The zero-order chi connectivity index (χ0) is 15.6. The summed E-state index contributed by atoms with van der Waals surface area (Å²) < 4.78 is 1.52. The highest BCUT2D eigenvalue weighted by Gasteiger charge is 2.34. The molecule has 1 atom stereocenters. The monoisotopic (exact) mass is 293 g/mol. The Hall–Kier alpha value is -2.38. The summed E-state index contributed by atoms with van der Waals surface area (Å²) in [6.07, 6.45) is 1.75. The lowest BCUT2D eigenvalue weighted by molar-refractivity contribution is -0.128. The number of nitrogens with one attached hydrogen (secondary N) is 1. The van der Waals surface area contributed by atoms with Gasteiger partial charge in [0.05, 0.1) is 11.6 Å². The van der Waals surface area contributed by atoms with Crippen LogP contribution in [0.3, 0.4) is 0 Å². The van der Waals surface area contributed by atoms with Crippen molar-refractivity contribution in [3.05, 3.63) is 11.9 Å². The van der Waals surface area contributed by atoms with Gasteiger partial charge in [0.15, 0.2) is 5.69 Å². The van der Waals surface area contributed by atoms with Crippen molar-refractivity contribution >= 4 is 23.4 Å². The zero-order valence-electron chi connectivity index (χ0n) is 12.1. The van der Waals surface area contributed by atoms with Crippen LogP contribution in [0.2, 0.25) is 0 Å². The van der Waals surface area contributed by atoms with Crippen molar-refractivity contribution in [2.75, 3.05) is 18.4 Å². The van der Waals surface area contributed by atoms with Gasteiger partial charge >= 0.3 is 0 Å². The molecule has 1 aromatic rings. The molecule has 114 valence electrons. The quantitative estimate of drug-likeness (QED) is 0.783. The number of primary amides is 1. The van der Waals surface area contributed by atoms with Gasteiger partial charge in [-0.25, -0.2) is 0 Å². The lowest BCUT2D eigenvalue weighted by Crippen LogP contribution is -2.28. The minimum absolute atomic E-state index is 0.0295. The van der Waals surface area contributed by atoms with Gasteiger partial charge in [0.25, 0.3) is 5.91 Å². The molecule has 2 rings (SSSR count). The van der Waals surface area contributed by atoms with Gasteiger partial charge in [-0.1, -0.05) is 0 Å². The minimum atomic E-state index is -0.699. The Balaban J connectivity index is 2.11. The van der Waals surface area contributed by atoms with Crippen molar-refractivity contribution in [2.45, 2.75) is 26.8 Å². The van der Waals surface area contributed by atoms with Crippen molar-refractivity contribution in [3.8, 4) is 0 Å². The van der Waals surface area contributed by atoms with E-state index in [0.29, 0.717) is 19.6 Å². The highest BCUT2D eigenvalue weighted by atomic mass is 16.2. The SMILES string of the molecule is CCN1CC(C(=O)Nc2cn(CC)nc2C(N)=O)CC1=O. The lowest BCUT2D eigenvalue weighted by Gasteiger charge is -2.13.